The van der Waals surface area contributed by atoms with Gasteiger partial charge < -0.3 is 5.11 Å². The standard InChI is InChI=1S/C15H17BN2O/c1-12-5-6-13(14(2,16)9-12)15(10-17,11-18)7-3-4-8-19/h6,12,19H,5,7-9H2,1-2H3. The lowest BCUT2D eigenvalue weighted by atomic mass is 9.52. The summed E-state index contributed by atoms with van der Waals surface area (Å²) in [6.45, 7) is 3.69. The summed E-state index contributed by atoms with van der Waals surface area (Å²) in [6, 6.07) is 4.14. The van der Waals surface area contributed by atoms with E-state index in [2.05, 4.69) is 30.9 Å². The number of allylic oxidation sites excluding steroid dienone is 2. The smallest absolute Gasteiger partial charge is 0.175 e. The van der Waals surface area contributed by atoms with E-state index in [-0.39, 0.29) is 13.0 Å². The van der Waals surface area contributed by atoms with Gasteiger partial charge in [0.2, 0.25) is 0 Å². The highest BCUT2D eigenvalue weighted by atomic mass is 16.2. The Balaban J connectivity index is 3.20. The van der Waals surface area contributed by atoms with E-state index in [4.69, 9.17) is 13.0 Å². The second-order valence-corrected chi connectivity index (χ2v) is 5.40. The third-order valence-electron chi connectivity index (χ3n) is 3.51. The molecule has 1 N–H and O–H groups in total. The maximum atomic E-state index is 9.43. The molecule has 0 aromatic heterocycles. The first-order chi connectivity index (χ1) is 8.91. The predicted molar refractivity (Wildman–Crippen MR) is 73.7 cm³/mol. The molecule has 0 aliphatic heterocycles. The Bertz CT molecular complexity index is 497. The van der Waals surface area contributed by atoms with Crippen LogP contribution in [0.15, 0.2) is 11.6 Å². The van der Waals surface area contributed by atoms with Gasteiger partial charge in [-0.15, -0.1) is 0 Å². The van der Waals surface area contributed by atoms with E-state index in [9.17, 15) is 10.5 Å². The fourth-order valence-corrected chi connectivity index (χ4v) is 2.70. The molecule has 96 valence electrons. The van der Waals surface area contributed by atoms with Crippen LogP contribution in [0.25, 0.3) is 0 Å². The molecule has 0 fully saturated rings. The minimum Gasteiger partial charge on any atom is -0.384 e. The van der Waals surface area contributed by atoms with E-state index in [0.717, 1.165) is 12.8 Å². The molecule has 1 rings (SSSR count). The zero-order chi connectivity index (χ0) is 14.5. The SMILES string of the molecule is [B]C1(C)CC(C)CC=C1C(C#N)(C#N)CC#CCO. The highest BCUT2D eigenvalue weighted by Gasteiger charge is 2.43. The van der Waals surface area contributed by atoms with Crippen LogP contribution in [0, 0.1) is 45.8 Å². The molecule has 0 heterocycles. The summed E-state index contributed by atoms with van der Waals surface area (Å²) in [7, 11) is 6.29. The fourth-order valence-electron chi connectivity index (χ4n) is 2.70. The zero-order valence-electron chi connectivity index (χ0n) is 11.4. The molecule has 0 saturated carbocycles. The van der Waals surface area contributed by atoms with Crippen molar-refractivity contribution in [3.8, 4) is 24.0 Å². The molecule has 2 unspecified atom stereocenters. The van der Waals surface area contributed by atoms with Gasteiger partial charge in [0.05, 0.1) is 20.0 Å². The number of rotatable bonds is 2. The van der Waals surface area contributed by atoms with Crippen LogP contribution < -0.4 is 0 Å². The van der Waals surface area contributed by atoms with E-state index in [1.54, 1.807) is 0 Å². The summed E-state index contributed by atoms with van der Waals surface area (Å²) in [6.07, 6.45) is 3.56. The van der Waals surface area contributed by atoms with Crippen LogP contribution in [0.1, 0.15) is 33.1 Å². The van der Waals surface area contributed by atoms with Gasteiger partial charge in [-0.1, -0.05) is 31.8 Å². The van der Waals surface area contributed by atoms with E-state index >= 15 is 0 Å². The number of hydrogen-bond acceptors (Lipinski definition) is 3. The Labute approximate surface area is 116 Å². The van der Waals surface area contributed by atoms with Crippen molar-refractivity contribution in [2.45, 2.75) is 38.4 Å². The highest BCUT2D eigenvalue weighted by molar-refractivity contribution is 6.17. The molecule has 19 heavy (non-hydrogen) atoms. The predicted octanol–water partition coefficient (Wildman–Crippen LogP) is 2.11. The van der Waals surface area contributed by atoms with Crippen LogP contribution in [-0.4, -0.2) is 19.6 Å². The maximum absolute atomic E-state index is 9.43. The topological polar surface area (TPSA) is 67.8 Å². The first-order valence-corrected chi connectivity index (χ1v) is 6.31. The Morgan fingerprint density at radius 1 is 1.47 bits per heavy atom. The summed E-state index contributed by atoms with van der Waals surface area (Å²) in [5.41, 5.74) is -0.651. The second kappa shape index (κ2) is 5.96. The molecular weight excluding hydrogens is 235 g/mol. The van der Waals surface area contributed by atoms with E-state index in [1.165, 1.54) is 0 Å². The van der Waals surface area contributed by atoms with E-state index in [1.807, 2.05) is 13.0 Å². The Morgan fingerprint density at radius 3 is 2.58 bits per heavy atom. The Hall–Kier alpha value is -1.70. The minimum absolute atomic E-state index is 0.0769. The van der Waals surface area contributed by atoms with Gasteiger partial charge in [-0.3, -0.25) is 0 Å². The lowest BCUT2D eigenvalue weighted by molar-refractivity contribution is 0.350. The van der Waals surface area contributed by atoms with Gasteiger partial charge in [0.25, 0.3) is 0 Å². The van der Waals surface area contributed by atoms with Crippen LogP contribution in [0.4, 0.5) is 0 Å². The minimum atomic E-state index is -1.31. The summed E-state index contributed by atoms with van der Waals surface area (Å²) >= 11 is 0. The van der Waals surface area contributed by atoms with Crippen molar-refractivity contribution in [2.24, 2.45) is 11.3 Å². The van der Waals surface area contributed by atoms with Crippen molar-refractivity contribution in [2.75, 3.05) is 6.61 Å². The summed E-state index contributed by atoms with van der Waals surface area (Å²) in [5.74, 6) is 5.61. The molecule has 2 atom stereocenters. The largest absolute Gasteiger partial charge is 0.384 e. The quantitative estimate of drug-likeness (QED) is 0.465. The molecular formula is C15H17BN2O. The normalized spacial score (nSPS) is 26.4. The number of hydrogen-bond donors (Lipinski definition) is 1. The van der Waals surface area contributed by atoms with Gasteiger partial charge >= 0.3 is 0 Å². The van der Waals surface area contributed by atoms with Crippen molar-refractivity contribution < 1.29 is 5.11 Å². The average Bonchev–Trinajstić information content (AvgIpc) is 2.35. The summed E-state index contributed by atoms with van der Waals surface area (Å²) in [4.78, 5) is 0. The molecule has 1 aliphatic carbocycles. The van der Waals surface area contributed by atoms with Gasteiger partial charge in [0.1, 0.15) is 6.61 Å². The van der Waals surface area contributed by atoms with Gasteiger partial charge in [-0.05, 0) is 29.6 Å². The zero-order valence-corrected chi connectivity index (χ0v) is 11.4. The van der Waals surface area contributed by atoms with Crippen molar-refractivity contribution >= 4 is 7.85 Å². The van der Waals surface area contributed by atoms with Crippen LogP contribution in [0.2, 0.25) is 5.31 Å². The monoisotopic (exact) mass is 252 g/mol. The average molecular weight is 252 g/mol. The third kappa shape index (κ3) is 3.20. The molecule has 0 saturated heterocycles. The van der Waals surface area contributed by atoms with Crippen LogP contribution in [0.3, 0.4) is 0 Å². The first-order valence-electron chi connectivity index (χ1n) is 6.31. The van der Waals surface area contributed by atoms with Crippen molar-refractivity contribution in [3.05, 3.63) is 11.6 Å². The van der Waals surface area contributed by atoms with Crippen LogP contribution in [-0.2, 0) is 0 Å². The molecule has 4 heteroatoms. The number of aliphatic hydroxyl groups excluding tert-OH is 1. The fraction of sp³-hybridized carbons (Fsp3) is 0.600. The Morgan fingerprint density at radius 2 is 2.11 bits per heavy atom. The van der Waals surface area contributed by atoms with Gasteiger partial charge in [0.15, 0.2) is 5.41 Å². The lowest BCUT2D eigenvalue weighted by Gasteiger charge is -2.40. The molecule has 0 aromatic carbocycles. The summed E-state index contributed by atoms with van der Waals surface area (Å²) < 4.78 is 0. The lowest BCUT2D eigenvalue weighted by Crippen LogP contribution is -2.31. The van der Waals surface area contributed by atoms with E-state index < -0.39 is 10.7 Å². The first kappa shape index (κ1) is 15.4. The van der Waals surface area contributed by atoms with Crippen LogP contribution in [0.5, 0.6) is 0 Å². The second-order valence-electron chi connectivity index (χ2n) is 5.40. The van der Waals surface area contributed by atoms with Crippen LogP contribution >= 0.6 is 0 Å². The molecule has 3 nitrogen and oxygen atoms in total. The van der Waals surface area contributed by atoms with Crippen molar-refractivity contribution in [1.29, 1.82) is 10.5 Å². The number of aliphatic hydroxyl groups is 1. The third-order valence-corrected chi connectivity index (χ3v) is 3.51. The number of nitrogens with zero attached hydrogens (tertiary/aromatic N) is 2. The molecule has 0 bridgehead atoms. The molecule has 0 spiro atoms. The maximum Gasteiger partial charge on any atom is 0.175 e. The summed E-state index contributed by atoms with van der Waals surface area (Å²) in [5, 5.41) is 26.9. The molecule has 0 aromatic rings. The van der Waals surface area contributed by atoms with Crippen molar-refractivity contribution in [1.82, 2.24) is 0 Å². The molecule has 2 radical (unpaired) electrons. The van der Waals surface area contributed by atoms with Crippen molar-refractivity contribution in [3.63, 3.8) is 0 Å². The number of nitriles is 2. The van der Waals surface area contributed by atoms with Gasteiger partial charge in [-0.25, -0.2) is 0 Å². The Kier molecular flexibility index (Phi) is 4.82. The van der Waals surface area contributed by atoms with Gasteiger partial charge in [-0.2, -0.15) is 10.5 Å². The molecule has 1 aliphatic rings. The highest BCUT2D eigenvalue weighted by Crippen LogP contribution is 2.51. The molecule has 0 amide bonds. The van der Waals surface area contributed by atoms with E-state index in [0.29, 0.717) is 11.5 Å². The van der Waals surface area contributed by atoms with Gasteiger partial charge in [0, 0.05) is 6.42 Å².